The van der Waals surface area contributed by atoms with Crippen LogP contribution in [0.2, 0.25) is 0 Å². The van der Waals surface area contributed by atoms with Gasteiger partial charge in [-0.15, -0.1) is 0 Å². The second-order valence-electron chi connectivity index (χ2n) is 9.19. The van der Waals surface area contributed by atoms with Gasteiger partial charge in [-0.2, -0.15) is 8.78 Å². The van der Waals surface area contributed by atoms with E-state index in [1.54, 1.807) is 19.2 Å². The highest BCUT2D eigenvalue weighted by atomic mass is 19.3. The van der Waals surface area contributed by atoms with Crippen LogP contribution >= 0.6 is 0 Å². The molecular weight excluding hydrogens is 430 g/mol. The minimum Gasteiger partial charge on any atom is -0.496 e. The van der Waals surface area contributed by atoms with Crippen molar-refractivity contribution in [2.45, 2.75) is 58.2 Å². The van der Waals surface area contributed by atoms with E-state index in [2.05, 4.69) is 4.98 Å². The fraction of sp³-hybridized carbons (Fsp3) is 0.440. The number of ketones is 1. The summed E-state index contributed by atoms with van der Waals surface area (Å²) < 4.78 is 38.4. The number of aromatic nitrogens is 2. The Morgan fingerprint density at radius 3 is 2.58 bits per heavy atom. The van der Waals surface area contributed by atoms with E-state index in [1.165, 1.54) is 13.2 Å². The quantitative estimate of drug-likeness (QED) is 0.443. The zero-order chi connectivity index (χ0) is 23.9. The van der Waals surface area contributed by atoms with Gasteiger partial charge in [-0.3, -0.25) is 9.20 Å². The topological polar surface area (TPSA) is 73.1 Å². The molecule has 1 fully saturated rings. The molecule has 1 aliphatic rings. The number of pyridine rings is 1. The predicted molar refractivity (Wildman–Crippen MR) is 120 cm³/mol. The number of benzene rings is 1. The standard InChI is InChI=1S/C25H28F2N2O4/c1-14(30)25(2,3)17-7-8-29-18(13-28-22(29)12-17)16-10-20(32-4)23(19(31)9-15-5-6-15)21(11-16)33-24(26)27/h7-8,10-15,24,30H,5-6,9H2,1-4H3. The highest BCUT2D eigenvalue weighted by Gasteiger charge is 2.30. The summed E-state index contributed by atoms with van der Waals surface area (Å²) in [6, 6.07) is 6.87. The second kappa shape index (κ2) is 8.74. The van der Waals surface area contributed by atoms with Crippen LogP contribution in [0.1, 0.15) is 56.0 Å². The first-order valence-corrected chi connectivity index (χ1v) is 11.0. The minimum atomic E-state index is -3.08. The number of ether oxygens (including phenoxy) is 2. The molecule has 0 amide bonds. The predicted octanol–water partition coefficient (Wildman–Crippen LogP) is 5.25. The Kier molecular flexibility index (Phi) is 6.14. The van der Waals surface area contributed by atoms with Gasteiger partial charge in [0.05, 0.1) is 25.1 Å². The molecule has 33 heavy (non-hydrogen) atoms. The number of nitrogens with zero attached hydrogens (tertiary/aromatic N) is 2. The van der Waals surface area contributed by atoms with Crippen molar-refractivity contribution < 1.29 is 28.2 Å². The molecule has 4 rings (SSSR count). The van der Waals surface area contributed by atoms with E-state index in [1.807, 2.05) is 36.6 Å². The molecule has 6 nitrogen and oxygen atoms in total. The van der Waals surface area contributed by atoms with Crippen molar-refractivity contribution in [1.82, 2.24) is 9.38 Å². The highest BCUT2D eigenvalue weighted by Crippen LogP contribution is 2.40. The SMILES string of the molecule is COc1cc(-c2cnc3cc(C(C)(C)C(C)O)ccn23)cc(OC(F)F)c1C(=O)CC1CC1. The van der Waals surface area contributed by atoms with Gasteiger partial charge in [-0.05, 0) is 55.5 Å². The van der Waals surface area contributed by atoms with Crippen molar-refractivity contribution in [3.05, 3.63) is 47.8 Å². The fourth-order valence-electron chi connectivity index (χ4n) is 3.88. The van der Waals surface area contributed by atoms with Gasteiger partial charge in [0, 0.05) is 23.6 Å². The lowest BCUT2D eigenvalue weighted by molar-refractivity contribution is -0.0502. The molecule has 0 saturated heterocycles. The van der Waals surface area contributed by atoms with E-state index < -0.39 is 18.1 Å². The van der Waals surface area contributed by atoms with Crippen LogP contribution in [0.25, 0.3) is 16.9 Å². The van der Waals surface area contributed by atoms with Crippen LogP contribution in [-0.2, 0) is 5.41 Å². The molecule has 1 aromatic carbocycles. The second-order valence-corrected chi connectivity index (χ2v) is 9.19. The summed E-state index contributed by atoms with van der Waals surface area (Å²) in [7, 11) is 1.40. The molecular formula is C25H28F2N2O4. The number of imidazole rings is 1. The van der Waals surface area contributed by atoms with Crippen LogP contribution in [0.15, 0.2) is 36.7 Å². The van der Waals surface area contributed by atoms with Crippen LogP contribution in [0.4, 0.5) is 8.78 Å². The largest absolute Gasteiger partial charge is 0.496 e. The van der Waals surface area contributed by atoms with Gasteiger partial charge in [0.25, 0.3) is 0 Å². The number of methoxy groups -OCH3 is 1. The average molecular weight is 459 g/mol. The maximum atomic E-state index is 13.2. The lowest BCUT2D eigenvalue weighted by Gasteiger charge is -2.28. The molecule has 1 atom stereocenters. The molecule has 1 N–H and O–H groups in total. The van der Waals surface area contributed by atoms with E-state index in [-0.39, 0.29) is 29.3 Å². The van der Waals surface area contributed by atoms with E-state index in [4.69, 9.17) is 9.47 Å². The Balaban J connectivity index is 1.80. The molecule has 0 bridgehead atoms. The lowest BCUT2D eigenvalue weighted by atomic mass is 9.80. The number of Topliss-reactive ketones (excluding diaryl/α,β-unsaturated/α-hetero) is 1. The van der Waals surface area contributed by atoms with Crippen LogP contribution in [0, 0.1) is 5.92 Å². The number of halogens is 2. The Morgan fingerprint density at radius 2 is 1.97 bits per heavy atom. The number of carbonyl (C=O) groups excluding carboxylic acids is 1. The summed E-state index contributed by atoms with van der Waals surface area (Å²) in [6.07, 6.45) is 5.10. The van der Waals surface area contributed by atoms with Gasteiger partial charge < -0.3 is 14.6 Å². The zero-order valence-electron chi connectivity index (χ0n) is 19.1. The van der Waals surface area contributed by atoms with Crippen LogP contribution in [0.3, 0.4) is 0 Å². The smallest absolute Gasteiger partial charge is 0.387 e. The number of fused-ring (bicyclic) bond motifs is 1. The Morgan fingerprint density at radius 1 is 1.27 bits per heavy atom. The van der Waals surface area contributed by atoms with Crippen molar-refractivity contribution in [1.29, 1.82) is 0 Å². The molecule has 1 unspecified atom stereocenters. The minimum absolute atomic E-state index is 0.0447. The van der Waals surface area contributed by atoms with Crippen molar-refractivity contribution in [2.75, 3.05) is 7.11 Å². The van der Waals surface area contributed by atoms with Crippen molar-refractivity contribution >= 4 is 11.4 Å². The number of rotatable bonds is 9. The molecule has 0 aliphatic heterocycles. The van der Waals surface area contributed by atoms with Gasteiger partial charge in [0.15, 0.2) is 5.78 Å². The van der Waals surface area contributed by atoms with E-state index in [0.29, 0.717) is 22.8 Å². The third-order valence-corrected chi connectivity index (χ3v) is 6.55. The number of alkyl halides is 2. The summed E-state index contributed by atoms with van der Waals surface area (Å²) in [5.41, 5.74) is 2.29. The van der Waals surface area contributed by atoms with Crippen molar-refractivity contribution in [2.24, 2.45) is 5.92 Å². The molecule has 0 spiro atoms. The first-order chi connectivity index (χ1) is 15.6. The Hall–Kier alpha value is -3.00. The Bertz CT molecular complexity index is 1180. The first-order valence-electron chi connectivity index (χ1n) is 11.0. The normalized spacial score (nSPS) is 15.2. The molecule has 2 heterocycles. The number of carbonyl (C=O) groups is 1. The third-order valence-electron chi connectivity index (χ3n) is 6.55. The number of aliphatic hydroxyl groups is 1. The van der Waals surface area contributed by atoms with Gasteiger partial charge in [0.2, 0.25) is 0 Å². The van der Waals surface area contributed by atoms with Gasteiger partial charge in [-0.25, -0.2) is 4.98 Å². The summed E-state index contributed by atoms with van der Waals surface area (Å²) in [4.78, 5) is 17.3. The molecule has 8 heteroatoms. The third kappa shape index (κ3) is 4.57. The van der Waals surface area contributed by atoms with Crippen LogP contribution in [0.5, 0.6) is 11.5 Å². The number of hydrogen-bond donors (Lipinski definition) is 1. The highest BCUT2D eigenvalue weighted by molar-refractivity contribution is 6.02. The Labute approximate surface area is 191 Å². The first kappa shape index (κ1) is 23.2. The summed E-state index contributed by atoms with van der Waals surface area (Å²) in [5.74, 6) is 0.0160. The summed E-state index contributed by atoms with van der Waals surface area (Å²) in [6.45, 7) is 2.56. The van der Waals surface area contributed by atoms with E-state index in [0.717, 1.165) is 18.4 Å². The zero-order valence-corrected chi connectivity index (χ0v) is 19.1. The molecule has 1 saturated carbocycles. The van der Waals surface area contributed by atoms with Gasteiger partial charge in [-0.1, -0.05) is 13.8 Å². The average Bonchev–Trinajstić information content (AvgIpc) is 3.47. The lowest BCUT2D eigenvalue weighted by Crippen LogP contribution is -2.31. The molecule has 2 aromatic heterocycles. The summed E-state index contributed by atoms with van der Waals surface area (Å²) >= 11 is 0. The molecule has 176 valence electrons. The van der Waals surface area contributed by atoms with Gasteiger partial charge >= 0.3 is 6.61 Å². The monoisotopic (exact) mass is 458 g/mol. The van der Waals surface area contributed by atoms with Crippen LogP contribution in [-0.4, -0.2) is 40.1 Å². The summed E-state index contributed by atoms with van der Waals surface area (Å²) in [5, 5.41) is 10.1. The molecule has 3 aromatic rings. The van der Waals surface area contributed by atoms with E-state index >= 15 is 0 Å². The maximum absolute atomic E-state index is 13.2. The molecule has 0 radical (unpaired) electrons. The van der Waals surface area contributed by atoms with Crippen molar-refractivity contribution in [3.8, 4) is 22.8 Å². The number of aliphatic hydroxyl groups excluding tert-OH is 1. The van der Waals surface area contributed by atoms with Crippen LogP contribution < -0.4 is 9.47 Å². The number of hydrogen-bond acceptors (Lipinski definition) is 5. The van der Waals surface area contributed by atoms with Gasteiger partial charge in [0.1, 0.15) is 22.7 Å². The fourth-order valence-corrected chi connectivity index (χ4v) is 3.88. The molecule has 1 aliphatic carbocycles. The van der Waals surface area contributed by atoms with E-state index in [9.17, 15) is 18.7 Å². The van der Waals surface area contributed by atoms with Crippen molar-refractivity contribution in [3.63, 3.8) is 0 Å². The maximum Gasteiger partial charge on any atom is 0.387 e.